The normalized spacial score (nSPS) is 12.2. The maximum Gasteiger partial charge on any atom is 0.270 e. The van der Waals surface area contributed by atoms with Crippen LogP contribution >= 0.6 is 0 Å². The van der Waals surface area contributed by atoms with Crippen molar-refractivity contribution in [2.45, 2.75) is 24.3 Å². The Kier molecular flexibility index (Phi) is 5.34. The van der Waals surface area contributed by atoms with Crippen LogP contribution in [0.3, 0.4) is 0 Å². The lowest BCUT2D eigenvalue weighted by molar-refractivity contribution is 0.0604. The number of carbonyl (C=O) groups is 1. The van der Waals surface area contributed by atoms with Crippen molar-refractivity contribution in [1.29, 1.82) is 0 Å². The van der Waals surface area contributed by atoms with Gasteiger partial charge in [-0.05, 0) is 6.07 Å². The lowest BCUT2D eigenvalue weighted by Gasteiger charge is -2.17. The summed E-state index contributed by atoms with van der Waals surface area (Å²) in [7, 11) is -3.16. The van der Waals surface area contributed by atoms with Crippen molar-refractivity contribution in [3.8, 4) is 0 Å². The SMILES string of the molecule is CN(CC(F)F)C(=O)c1cc(S(N)(=O)=O)cn1CC(F)F. The summed E-state index contributed by atoms with van der Waals surface area (Å²) in [6.07, 6.45) is -4.90. The Morgan fingerprint density at radius 3 is 2.33 bits per heavy atom. The highest BCUT2D eigenvalue weighted by Crippen LogP contribution is 2.17. The molecule has 0 saturated carbocycles. The van der Waals surface area contributed by atoms with Crippen LogP contribution in [-0.4, -0.2) is 50.2 Å². The van der Waals surface area contributed by atoms with E-state index in [4.69, 9.17) is 5.14 Å². The fraction of sp³-hybridized carbons (Fsp3) is 0.500. The number of carbonyl (C=O) groups excluding carboxylic acids is 1. The summed E-state index contributed by atoms with van der Waals surface area (Å²) in [6, 6.07) is 0.780. The van der Waals surface area contributed by atoms with Crippen LogP contribution in [0.15, 0.2) is 17.2 Å². The van der Waals surface area contributed by atoms with Crippen molar-refractivity contribution in [1.82, 2.24) is 9.47 Å². The van der Waals surface area contributed by atoms with E-state index in [-0.39, 0.29) is 0 Å². The maximum atomic E-state index is 12.4. The minimum Gasteiger partial charge on any atom is -0.336 e. The molecule has 1 aromatic rings. The molecule has 2 N–H and O–H groups in total. The zero-order valence-electron chi connectivity index (χ0n) is 10.8. The zero-order valence-corrected chi connectivity index (χ0v) is 11.7. The number of halogens is 4. The largest absolute Gasteiger partial charge is 0.336 e. The summed E-state index contributed by atoms with van der Waals surface area (Å²) in [5.41, 5.74) is -0.456. The minimum atomic E-state index is -4.21. The average Bonchev–Trinajstić information content (AvgIpc) is 2.69. The summed E-state index contributed by atoms with van der Waals surface area (Å²) >= 11 is 0. The highest BCUT2D eigenvalue weighted by atomic mass is 32.2. The predicted octanol–water partition coefficient (Wildman–Crippen LogP) is 0.738. The third-order valence-corrected chi connectivity index (χ3v) is 3.39. The van der Waals surface area contributed by atoms with E-state index in [1.54, 1.807) is 0 Å². The third kappa shape index (κ3) is 4.70. The summed E-state index contributed by atoms with van der Waals surface area (Å²) in [6.45, 7) is -1.87. The van der Waals surface area contributed by atoms with E-state index in [9.17, 15) is 30.8 Å². The Labute approximate surface area is 118 Å². The highest BCUT2D eigenvalue weighted by Gasteiger charge is 2.24. The van der Waals surface area contributed by atoms with E-state index in [2.05, 4.69) is 0 Å². The van der Waals surface area contributed by atoms with E-state index in [0.717, 1.165) is 19.3 Å². The van der Waals surface area contributed by atoms with E-state index in [1.807, 2.05) is 0 Å². The first-order valence-electron chi connectivity index (χ1n) is 5.57. The molecular formula is C10H13F4N3O3S. The van der Waals surface area contributed by atoms with Gasteiger partial charge >= 0.3 is 0 Å². The molecule has 1 aromatic heterocycles. The predicted molar refractivity (Wildman–Crippen MR) is 64.8 cm³/mol. The molecule has 6 nitrogen and oxygen atoms in total. The lowest BCUT2D eigenvalue weighted by atomic mass is 10.3. The van der Waals surface area contributed by atoms with Crippen molar-refractivity contribution in [2.75, 3.05) is 13.6 Å². The molecule has 0 bridgehead atoms. The highest BCUT2D eigenvalue weighted by molar-refractivity contribution is 7.89. The first kappa shape index (κ1) is 17.4. The number of hydrogen-bond acceptors (Lipinski definition) is 3. The number of nitrogens with two attached hydrogens (primary N) is 1. The van der Waals surface area contributed by atoms with Gasteiger partial charge in [-0.25, -0.2) is 31.1 Å². The summed E-state index contributed by atoms with van der Waals surface area (Å²) in [4.78, 5) is 12.0. The third-order valence-electron chi connectivity index (χ3n) is 2.51. The molecule has 0 saturated heterocycles. The first-order valence-corrected chi connectivity index (χ1v) is 7.11. The van der Waals surface area contributed by atoms with Crippen LogP contribution in [0.25, 0.3) is 0 Å². The number of aromatic nitrogens is 1. The fourth-order valence-corrected chi connectivity index (χ4v) is 2.15. The van der Waals surface area contributed by atoms with Crippen LogP contribution in [0, 0.1) is 0 Å². The molecule has 0 aliphatic rings. The van der Waals surface area contributed by atoms with Gasteiger partial charge < -0.3 is 9.47 Å². The van der Waals surface area contributed by atoms with Gasteiger partial charge in [0.25, 0.3) is 18.8 Å². The van der Waals surface area contributed by atoms with Gasteiger partial charge in [0.2, 0.25) is 10.0 Å². The molecule has 120 valence electrons. The van der Waals surface area contributed by atoms with Crippen LogP contribution in [0.4, 0.5) is 17.6 Å². The summed E-state index contributed by atoms with van der Waals surface area (Å²) in [5, 5.41) is 4.85. The van der Waals surface area contributed by atoms with Crippen LogP contribution in [0.1, 0.15) is 10.5 Å². The standard InChI is InChI=1S/C10H13F4N3O3S/c1-16(4-8(11)12)10(18)7-2-6(21(15,19)20)3-17(7)5-9(13)14/h2-3,8-9H,4-5H2,1H3,(H2,15,19,20). The van der Waals surface area contributed by atoms with Crippen LogP contribution in [0.5, 0.6) is 0 Å². The zero-order chi connectivity index (χ0) is 16.4. The van der Waals surface area contributed by atoms with E-state index in [0.29, 0.717) is 9.47 Å². The Morgan fingerprint density at radius 2 is 1.90 bits per heavy atom. The Bertz CT molecular complexity index is 615. The molecule has 0 radical (unpaired) electrons. The molecule has 1 amide bonds. The molecule has 0 spiro atoms. The summed E-state index contributed by atoms with van der Waals surface area (Å²) < 4.78 is 72.4. The Morgan fingerprint density at radius 1 is 1.33 bits per heavy atom. The number of amides is 1. The van der Waals surface area contributed by atoms with Gasteiger partial charge in [0.05, 0.1) is 13.1 Å². The van der Waals surface area contributed by atoms with Crippen LogP contribution in [-0.2, 0) is 16.6 Å². The minimum absolute atomic E-state index is 0.456. The van der Waals surface area contributed by atoms with Crippen LogP contribution < -0.4 is 5.14 Å². The van der Waals surface area contributed by atoms with Crippen molar-refractivity contribution in [3.05, 3.63) is 18.0 Å². The number of rotatable bonds is 6. The van der Waals surface area contributed by atoms with Gasteiger partial charge in [-0.1, -0.05) is 0 Å². The van der Waals surface area contributed by atoms with Crippen molar-refractivity contribution in [2.24, 2.45) is 5.14 Å². The molecular weight excluding hydrogens is 318 g/mol. The van der Waals surface area contributed by atoms with Gasteiger partial charge in [-0.15, -0.1) is 0 Å². The van der Waals surface area contributed by atoms with Gasteiger partial charge in [-0.3, -0.25) is 4.79 Å². The molecule has 0 aliphatic heterocycles. The van der Waals surface area contributed by atoms with Crippen molar-refractivity contribution in [3.63, 3.8) is 0 Å². The number of nitrogens with zero attached hydrogens (tertiary/aromatic N) is 2. The molecule has 0 unspecified atom stereocenters. The quantitative estimate of drug-likeness (QED) is 0.780. The number of sulfonamides is 1. The Hall–Kier alpha value is -1.62. The second-order valence-corrected chi connectivity index (χ2v) is 5.79. The second kappa shape index (κ2) is 6.43. The average molecular weight is 331 g/mol. The number of alkyl halides is 4. The Balaban J connectivity index is 3.20. The lowest BCUT2D eigenvalue weighted by Crippen LogP contribution is -2.33. The monoisotopic (exact) mass is 331 g/mol. The van der Waals surface area contributed by atoms with Gasteiger partial charge in [0.1, 0.15) is 10.6 Å². The van der Waals surface area contributed by atoms with Gasteiger partial charge in [-0.2, -0.15) is 0 Å². The molecule has 0 atom stereocenters. The van der Waals surface area contributed by atoms with Crippen molar-refractivity contribution < 1.29 is 30.8 Å². The van der Waals surface area contributed by atoms with E-state index in [1.165, 1.54) is 0 Å². The van der Waals surface area contributed by atoms with E-state index < -0.39 is 52.5 Å². The topological polar surface area (TPSA) is 85.4 Å². The van der Waals surface area contributed by atoms with Gasteiger partial charge in [0, 0.05) is 13.2 Å². The number of hydrogen-bond donors (Lipinski definition) is 1. The molecule has 21 heavy (non-hydrogen) atoms. The fourth-order valence-electron chi connectivity index (χ4n) is 1.60. The smallest absolute Gasteiger partial charge is 0.270 e. The molecule has 1 rings (SSSR count). The van der Waals surface area contributed by atoms with Crippen LogP contribution in [0.2, 0.25) is 0 Å². The molecule has 1 heterocycles. The van der Waals surface area contributed by atoms with Crippen molar-refractivity contribution >= 4 is 15.9 Å². The number of primary sulfonamides is 1. The van der Waals surface area contributed by atoms with Gasteiger partial charge in [0.15, 0.2) is 0 Å². The maximum absolute atomic E-state index is 12.4. The molecule has 0 aliphatic carbocycles. The molecule has 0 fully saturated rings. The molecule has 0 aromatic carbocycles. The van der Waals surface area contributed by atoms with E-state index >= 15 is 0 Å². The summed E-state index contributed by atoms with van der Waals surface area (Å²) in [5.74, 6) is -1.01. The first-order chi connectivity index (χ1) is 9.52. The second-order valence-electron chi connectivity index (χ2n) is 4.23. The molecule has 11 heteroatoms.